The number of benzene rings is 2. The zero-order valence-corrected chi connectivity index (χ0v) is 26.9. The van der Waals surface area contributed by atoms with E-state index in [4.69, 9.17) is 27.1 Å². The first-order valence-electron chi connectivity index (χ1n) is 16.2. The van der Waals surface area contributed by atoms with E-state index in [0.29, 0.717) is 49.8 Å². The minimum atomic E-state index is -1.08. The Morgan fingerprint density at radius 3 is 2.42 bits per heavy atom. The van der Waals surface area contributed by atoms with Gasteiger partial charge in [0, 0.05) is 43.8 Å². The number of esters is 2. The maximum atomic E-state index is 13.8. The Hall–Kier alpha value is -4.22. The molecular weight excluding hydrogens is 622 g/mol. The fraction of sp³-hybridized carbons (Fsp3) is 0.474. The number of hydrogen-bond acceptors (Lipinski definition) is 8. The second-order valence-electron chi connectivity index (χ2n) is 12.1. The van der Waals surface area contributed by atoms with Crippen LogP contribution in [0.1, 0.15) is 68.1 Å². The van der Waals surface area contributed by atoms with Crippen molar-refractivity contribution in [2.75, 3.05) is 19.8 Å². The molecule has 1 aliphatic carbocycles. The summed E-state index contributed by atoms with van der Waals surface area (Å²) >= 11 is 0. The highest BCUT2D eigenvalue weighted by atomic mass is 19.1. The lowest BCUT2D eigenvalue weighted by Crippen LogP contribution is -2.20. The van der Waals surface area contributed by atoms with Crippen LogP contribution in [0.3, 0.4) is 0 Å². The van der Waals surface area contributed by atoms with Crippen molar-refractivity contribution in [2.24, 2.45) is 23.7 Å². The monoisotopic (exact) mass is 666 g/mol. The Kier molecular flexibility index (Phi) is 16.1. The Morgan fingerprint density at radius 2 is 1.73 bits per heavy atom. The summed E-state index contributed by atoms with van der Waals surface area (Å²) < 4.78 is 43.0. The lowest BCUT2D eigenvalue weighted by Gasteiger charge is -2.22. The number of halogens is 2. The molecule has 3 N–H and O–H groups in total. The molecule has 0 radical (unpaired) electrons. The minimum Gasteiger partial charge on any atom is -0.487 e. The van der Waals surface area contributed by atoms with Gasteiger partial charge in [0.15, 0.2) is 11.6 Å². The van der Waals surface area contributed by atoms with Gasteiger partial charge in [-0.3, -0.25) is 4.79 Å². The molecule has 0 unspecified atom stereocenters. The number of aliphatic hydroxyl groups excluding tert-OH is 3. The van der Waals surface area contributed by atoms with Crippen LogP contribution in [0.4, 0.5) is 8.78 Å². The van der Waals surface area contributed by atoms with Crippen molar-refractivity contribution in [1.29, 1.82) is 0 Å². The van der Waals surface area contributed by atoms with Crippen molar-refractivity contribution in [2.45, 2.75) is 70.0 Å². The molecule has 3 rings (SSSR count). The molecule has 0 aromatic heterocycles. The molecule has 48 heavy (non-hydrogen) atoms. The highest BCUT2D eigenvalue weighted by Gasteiger charge is 2.33. The molecule has 0 amide bonds. The molecular formula is C38H44F2O8. The second kappa shape index (κ2) is 20.2. The number of rotatable bonds is 19. The molecule has 0 bridgehead atoms. The van der Waals surface area contributed by atoms with E-state index in [0.717, 1.165) is 31.0 Å². The Morgan fingerprint density at radius 1 is 1.00 bits per heavy atom. The predicted molar refractivity (Wildman–Crippen MR) is 176 cm³/mol. The summed E-state index contributed by atoms with van der Waals surface area (Å²) in [6, 6.07) is 8.88. The third-order valence-corrected chi connectivity index (χ3v) is 8.46. The van der Waals surface area contributed by atoms with E-state index in [1.165, 1.54) is 30.3 Å². The van der Waals surface area contributed by atoms with Crippen LogP contribution in [0.25, 0.3) is 0 Å². The minimum absolute atomic E-state index is 0.0357. The molecule has 5 atom stereocenters. The van der Waals surface area contributed by atoms with Crippen LogP contribution in [0.15, 0.2) is 54.6 Å². The fourth-order valence-electron chi connectivity index (χ4n) is 5.73. The summed E-state index contributed by atoms with van der Waals surface area (Å²) in [5, 5.41) is 30.8. The third-order valence-electron chi connectivity index (χ3n) is 8.46. The van der Waals surface area contributed by atoms with Gasteiger partial charge in [-0.05, 0) is 86.8 Å². The average molecular weight is 667 g/mol. The van der Waals surface area contributed by atoms with Crippen LogP contribution >= 0.6 is 0 Å². The number of carbonyl (C=O) groups excluding carboxylic acids is 2. The standard InChI is InChI=1S/C38H44F2O8/c1-3-6-27(7-4-2)24-47-38(45)29-12-17-32(18-13-29)48-37(44)9-5-8-26(23-41)10-11-28-14-21-35(43)33(28)19-16-31(42)25-46-36-22-30(39)15-20-34(36)40/h1-2,12-13,15-20,22,26-28,31,33,35,41-43H,5-11,14,21,23-25H2/b19-16+/t26-,28-,31+,33+,35+/m0/s1. The maximum Gasteiger partial charge on any atom is 0.338 e. The predicted octanol–water partition coefficient (Wildman–Crippen LogP) is 5.63. The Bertz CT molecular complexity index is 1410. The molecule has 1 fully saturated rings. The molecule has 0 saturated heterocycles. The molecule has 2 aromatic carbocycles. The Labute approximate surface area is 281 Å². The summed E-state index contributed by atoms with van der Waals surface area (Å²) in [6.07, 6.45) is 17.2. The number of carbonyl (C=O) groups is 2. The largest absolute Gasteiger partial charge is 0.487 e. The molecule has 2 aromatic rings. The normalized spacial score (nSPS) is 18.6. The van der Waals surface area contributed by atoms with Crippen LogP contribution in [0.5, 0.6) is 11.5 Å². The quantitative estimate of drug-likeness (QED) is 0.0764. The van der Waals surface area contributed by atoms with E-state index in [-0.39, 0.29) is 55.7 Å². The molecule has 1 aliphatic rings. The van der Waals surface area contributed by atoms with Gasteiger partial charge in [-0.25, -0.2) is 13.6 Å². The first-order valence-corrected chi connectivity index (χ1v) is 16.2. The van der Waals surface area contributed by atoms with Crippen molar-refractivity contribution in [1.82, 2.24) is 0 Å². The SMILES string of the molecule is C#CCC(CC#C)COC(=O)c1ccc(OC(=O)CCC[C@H](CO)CC[C@H]2CC[C@@H](O)[C@@H]2/C=C/[C@@H](O)COc2cc(F)ccc2F)cc1. The summed E-state index contributed by atoms with van der Waals surface area (Å²) in [5.74, 6) is 2.49. The number of hydrogen-bond donors (Lipinski definition) is 3. The summed E-state index contributed by atoms with van der Waals surface area (Å²) in [5.41, 5.74) is 0.302. The van der Waals surface area contributed by atoms with Gasteiger partial charge in [-0.15, -0.1) is 24.7 Å². The first kappa shape index (κ1) is 38.2. The molecule has 0 aliphatic heterocycles. The molecule has 10 heteroatoms. The van der Waals surface area contributed by atoms with Crippen molar-refractivity contribution >= 4 is 11.9 Å². The van der Waals surface area contributed by atoms with Crippen molar-refractivity contribution in [3.8, 4) is 36.2 Å². The van der Waals surface area contributed by atoms with Gasteiger partial charge >= 0.3 is 11.9 Å². The number of aliphatic hydroxyl groups is 3. The van der Waals surface area contributed by atoms with Gasteiger partial charge < -0.3 is 29.5 Å². The van der Waals surface area contributed by atoms with Crippen LogP contribution in [-0.4, -0.2) is 59.3 Å². The van der Waals surface area contributed by atoms with E-state index >= 15 is 0 Å². The van der Waals surface area contributed by atoms with E-state index in [2.05, 4.69) is 11.8 Å². The van der Waals surface area contributed by atoms with E-state index in [1.807, 2.05) is 0 Å². The van der Waals surface area contributed by atoms with Crippen LogP contribution in [0, 0.1) is 60.0 Å². The van der Waals surface area contributed by atoms with Gasteiger partial charge in [-0.2, -0.15) is 0 Å². The molecule has 0 spiro atoms. The lowest BCUT2D eigenvalue weighted by molar-refractivity contribution is -0.134. The smallest absolute Gasteiger partial charge is 0.338 e. The number of terminal acetylenes is 2. The zero-order valence-electron chi connectivity index (χ0n) is 26.9. The summed E-state index contributed by atoms with van der Waals surface area (Å²) in [6.45, 7) is -0.201. The second-order valence-corrected chi connectivity index (χ2v) is 12.1. The summed E-state index contributed by atoms with van der Waals surface area (Å²) in [4.78, 5) is 24.8. The van der Waals surface area contributed by atoms with Gasteiger partial charge in [0.05, 0.1) is 18.3 Å². The topological polar surface area (TPSA) is 123 Å². The van der Waals surface area contributed by atoms with Crippen molar-refractivity contribution in [3.05, 3.63) is 71.8 Å². The lowest BCUT2D eigenvalue weighted by atomic mass is 9.86. The summed E-state index contributed by atoms with van der Waals surface area (Å²) in [7, 11) is 0. The molecule has 0 heterocycles. The van der Waals surface area contributed by atoms with E-state index < -0.39 is 35.8 Å². The highest BCUT2D eigenvalue weighted by molar-refractivity contribution is 5.89. The van der Waals surface area contributed by atoms with E-state index in [1.54, 1.807) is 6.08 Å². The highest BCUT2D eigenvalue weighted by Crippen LogP contribution is 2.37. The number of ether oxygens (including phenoxy) is 3. The average Bonchev–Trinajstić information content (AvgIpc) is 3.43. The Balaban J connectivity index is 1.38. The molecule has 8 nitrogen and oxygen atoms in total. The first-order chi connectivity index (χ1) is 23.1. The maximum absolute atomic E-state index is 13.8. The zero-order chi connectivity index (χ0) is 34.9. The molecule has 258 valence electrons. The van der Waals surface area contributed by atoms with Crippen LogP contribution < -0.4 is 9.47 Å². The van der Waals surface area contributed by atoms with Crippen LogP contribution in [0.2, 0.25) is 0 Å². The van der Waals surface area contributed by atoms with Gasteiger partial charge in [0.1, 0.15) is 24.3 Å². The van der Waals surface area contributed by atoms with Crippen molar-refractivity contribution < 1.29 is 47.9 Å². The molecule has 1 saturated carbocycles. The fourth-order valence-corrected chi connectivity index (χ4v) is 5.73. The third kappa shape index (κ3) is 12.8. The van der Waals surface area contributed by atoms with Crippen molar-refractivity contribution in [3.63, 3.8) is 0 Å². The van der Waals surface area contributed by atoms with Crippen LogP contribution in [-0.2, 0) is 9.53 Å². The van der Waals surface area contributed by atoms with E-state index in [9.17, 15) is 33.7 Å². The van der Waals surface area contributed by atoms with Gasteiger partial charge in [0.25, 0.3) is 0 Å². The van der Waals surface area contributed by atoms with Gasteiger partial charge in [-0.1, -0.05) is 12.2 Å². The van der Waals surface area contributed by atoms with Gasteiger partial charge in [0.2, 0.25) is 0 Å².